The fourth-order valence-corrected chi connectivity index (χ4v) is 3.32. The average molecular weight is 330 g/mol. The molecule has 120 valence electrons. The molecular formula is C16H18N4O2S. The van der Waals surface area contributed by atoms with Gasteiger partial charge in [0.15, 0.2) is 5.78 Å². The van der Waals surface area contributed by atoms with Crippen LogP contribution in [0, 0.1) is 0 Å². The first-order valence-corrected chi connectivity index (χ1v) is 8.30. The third-order valence-corrected chi connectivity index (χ3v) is 4.68. The van der Waals surface area contributed by atoms with Crippen LogP contribution >= 0.6 is 11.3 Å². The van der Waals surface area contributed by atoms with E-state index in [1.807, 2.05) is 14.1 Å². The summed E-state index contributed by atoms with van der Waals surface area (Å²) in [5.41, 5.74) is 2.06. The highest BCUT2D eigenvalue weighted by atomic mass is 32.1. The maximum absolute atomic E-state index is 12.5. The molecule has 1 aromatic carbocycles. The van der Waals surface area contributed by atoms with Gasteiger partial charge in [0, 0.05) is 30.5 Å². The first kappa shape index (κ1) is 15.8. The van der Waals surface area contributed by atoms with Crippen molar-refractivity contribution in [1.82, 2.24) is 15.1 Å². The Bertz CT molecular complexity index is 754. The largest absolute Gasteiger partial charge is 0.309 e. The molecule has 1 aliphatic carbocycles. The van der Waals surface area contributed by atoms with E-state index in [4.69, 9.17) is 0 Å². The van der Waals surface area contributed by atoms with E-state index in [0.717, 1.165) is 23.5 Å². The third-order valence-electron chi connectivity index (χ3n) is 3.78. The zero-order valence-corrected chi connectivity index (χ0v) is 13.9. The second-order valence-electron chi connectivity index (χ2n) is 5.76. The van der Waals surface area contributed by atoms with Gasteiger partial charge in [0.25, 0.3) is 5.91 Å². The van der Waals surface area contributed by atoms with Crippen molar-refractivity contribution in [3.63, 3.8) is 0 Å². The van der Waals surface area contributed by atoms with E-state index >= 15 is 0 Å². The smallest absolute Gasteiger partial charge is 0.257 e. The molecular weight excluding hydrogens is 312 g/mol. The summed E-state index contributed by atoms with van der Waals surface area (Å²) in [6.45, 7) is 0.886. The van der Waals surface area contributed by atoms with Crippen LogP contribution in [0.5, 0.6) is 0 Å². The van der Waals surface area contributed by atoms with E-state index in [2.05, 4.69) is 20.4 Å². The van der Waals surface area contributed by atoms with Crippen molar-refractivity contribution in [3.05, 3.63) is 39.9 Å². The van der Waals surface area contributed by atoms with Crippen molar-refractivity contribution in [2.75, 3.05) is 26.0 Å². The minimum absolute atomic E-state index is 0.108. The molecule has 6 nitrogen and oxygen atoms in total. The van der Waals surface area contributed by atoms with Gasteiger partial charge in [-0.15, -0.1) is 10.2 Å². The number of likely N-dealkylation sites (N-methyl/N-ethyl adjacent to an activating group) is 1. The summed E-state index contributed by atoms with van der Waals surface area (Å²) < 4.78 is 0. The van der Waals surface area contributed by atoms with Crippen LogP contribution in [-0.2, 0) is 12.8 Å². The molecule has 1 N–H and O–H groups in total. The highest BCUT2D eigenvalue weighted by Gasteiger charge is 2.24. The minimum Gasteiger partial charge on any atom is -0.309 e. The molecule has 0 aliphatic heterocycles. The number of hydrogen-bond donors (Lipinski definition) is 1. The van der Waals surface area contributed by atoms with Gasteiger partial charge in [-0.2, -0.15) is 0 Å². The monoisotopic (exact) mass is 330 g/mol. The molecule has 0 radical (unpaired) electrons. The molecule has 1 amide bonds. The lowest BCUT2D eigenvalue weighted by atomic mass is 10.0. The summed E-state index contributed by atoms with van der Waals surface area (Å²) in [7, 11) is 4.00. The summed E-state index contributed by atoms with van der Waals surface area (Å²) in [6.07, 6.45) is 1.91. The van der Waals surface area contributed by atoms with E-state index < -0.39 is 0 Å². The number of Topliss-reactive ketones (excluding diaryl/α,β-unsaturated/α-hetero) is 1. The molecule has 7 heteroatoms. The SMILES string of the molecule is CN(C)CCc1nnc(NC(=O)c2cccc3c2CCC3=O)s1. The van der Waals surface area contributed by atoms with Crippen molar-refractivity contribution in [2.45, 2.75) is 19.3 Å². The number of fused-ring (bicyclic) bond motifs is 1. The Balaban J connectivity index is 1.72. The number of carbonyl (C=O) groups is 2. The number of hydrogen-bond acceptors (Lipinski definition) is 6. The first-order chi connectivity index (χ1) is 11.0. The molecule has 1 aromatic heterocycles. The molecule has 0 saturated heterocycles. The van der Waals surface area contributed by atoms with Gasteiger partial charge in [-0.3, -0.25) is 14.9 Å². The zero-order valence-electron chi connectivity index (χ0n) is 13.1. The quantitative estimate of drug-likeness (QED) is 0.908. The Morgan fingerprint density at radius 2 is 2.13 bits per heavy atom. The number of anilines is 1. The summed E-state index contributed by atoms with van der Waals surface area (Å²) >= 11 is 1.38. The summed E-state index contributed by atoms with van der Waals surface area (Å²) in [4.78, 5) is 26.3. The lowest BCUT2D eigenvalue weighted by molar-refractivity contribution is 0.0993. The highest BCUT2D eigenvalue weighted by Crippen LogP contribution is 2.26. The van der Waals surface area contributed by atoms with Gasteiger partial charge in [-0.25, -0.2) is 0 Å². The molecule has 0 fully saturated rings. The van der Waals surface area contributed by atoms with Crippen LogP contribution in [0.3, 0.4) is 0 Å². The lowest BCUT2D eigenvalue weighted by Gasteiger charge is -2.07. The molecule has 3 rings (SSSR count). The van der Waals surface area contributed by atoms with Gasteiger partial charge in [0.1, 0.15) is 5.01 Å². The van der Waals surface area contributed by atoms with E-state index in [1.165, 1.54) is 11.3 Å². The summed E-state index contributed by atoms with van der Waals surface area (Å²) in [5.74, 6) is -0.122. The minimum atomic E-state index is -0.230. The van der Waals surface area contributed by atoms with Gasteiger partial charge in [-0.1, -0.05) is 23.5 Å². The fourth-order valence-electron chi connectivity index (χ4n) is 2.59. The number of amides is 1. The van der Waals surface area contributed by atoms with Crippen LogP contribution in [-0.4, -0.2) is 47.4 Å². The number of carbonyl (C=O) groups excluding carboxylic acids is 2. The molecule has 2 aromatic rings. The second kappa shape index (κ2) is 6.55. The predicted octanol–water partition coefficient (Wildman–Crippen LogP) is 2.02. The molecule has 23 heavy (non-hydrogen) atoms. The number of nitrogens with zero attached hydrogens (tertiary/aromatic N) is 3. The molecule has 0 spiro atoms. The van der Waals surface area contributed by atoms with Gasteiger partial charge < -0.3 is 4.90 Å². The van der Waals surface area contributed by atoms with Crippen molar-refractivity contribution < 1.29 is 9.59 Å². The van der Waals surface area contributed by atoms with Crippen molar-refractivity contribution >= 4 is 28.2 Å². The molecule has 0 saturated carbocycles. The maximum Gasteiger partial charge on any atom is 0.257 e. The molecule has 1 aliphatic rings. The standard InChI is InChI=1S/C16H18N4O2S/c1-20(2)9-8-14-18-19-16(23-14)17-15(22)12-5-3-4-11-10(12)6-7-13(11)21/h3-5H,6-9H2,1-2H3,(H,17,19,22). The van der Waals surface area contributed by atoms with Gasteiger partial charge in [0.2, 0.25) is 5.13 Å². The van der Waals surface area contributed by atoms with Crippen LogP contribution in [0.15, 0.2) is 18.2 Å². The maximum atomic E-state index is 12.5. The average Bonchev–Trinajstić information content (AvgIpc) is 3.12. The Morgan fingerprint density at radius 1 is 1.30 bits per heavy atom. The number of rotatable bonds is 5. The Kier molecular flexibility index (Phi) is 4.49. The Morgan fingerprint density at radius 3 is 2.91 bits per heavy atom. The van der Waals surface area contributed by atoms with Crippen LogP contribution < -0.4 is 5.32 Å². The van der Waals surface area contributed by atoms with Crippen LogP contribution in [0.2, 0.25) is 0 Å². The Hall–Kier alpha value is -2.12. The van der Waals surface area contributed by atoms with Crippen LogP contribution in [0.25, 0.3) is 0 Å². The topological polar surface area (TPSA) is 75.2 Å². The van der Waals surface area contributed by atoms with Gasteiger partial charge in [-0.05, 0) is 32.1 Å². The number of aromatic nitrogens is 2. The zero-order chi connectivity index (χ0) is 16.4. The van der Waals surface area contributed by atoms with Gasteiger partial charge >= 0.3 is 0 Å². The Labute approximate surface area is 138 Å². The van der Waals surface area contributed by atoms with E-state index in [0.29, 0.717) is 29.1 Å². The number of benzene rings is 1. The van der Waals surface area contributed by atoms with Crippen molar-refractivity contribution in [2.24, 2.45) is 0 Å². The first-order valence-electron chi connectivity index (χ1n) is 7.48. The van der Waals surface area contributed by atoms with Crippen LogP contribution in [0.1, 0.15) is 37.7 Å². The number of ketones is 1. The van der Waals surface area contributed by atoms with Crippen molar-refractivity contribution in [1.29, 1.82) is 0 Å². The second-order valence-corrected chi connectivity index (χ2v) is 6.83. The summed E-state index contributed by atoms with van der Waals surface area (Å²) in [5, 5.41) is 12.3. The number of nitrogens with one attached hydrogen (secondary N) is 1. The van der Waals surface area contributed by atoms with Gasteiger partial charge in [0.05, 0.1) is 0 Å². The van der Waals surface area contributed by atoms with E-state index in [1.54, 1.807) is 18.2 Å². The normalized spacial score (nSPS) is 13.4. The third kappa shape index (κ3) is 3.46. The molecule has 0 bridgehead atoms. The van der Waals surface area contributed by atoms with E-state index in [9.17, 15) is 9.59 Å². The van der Waals surface area contributed by atoms with Crippen molar-refractivity contribution in [3.8, 4) is 0 Å². The lowest BCUT2D eigenvalue weighted by Crippen LogP contribution is -2.14. The van der Waals surface area contributed by atoms with E-state index in [-0.39, 0.29) is 11.7 Å². The highest BCUT2D eigenvalue weighted by molar-refractivity contribution is 7.15. The predicted molar refractivity (Wildman–Crippen MR) is 89.2 cm³/mol. The fraction of sp³-hybridized carbons (Fsp3) is 0.375. The molecule has 1 heterocycles. The summed E-state index contributed by atoms with van der Waals surface area (Å²) in [6, 6.07) is 5.28. The molecule has 0 unspecified atom stereocenters. The van der Waals surface area contributed by atoms with Crippen LogP contribution in [0.4, 0.5) is 5.13 Å². The molecule has 0 atom stereocenters.